The first-order chi connectivity index (χ1) is 13.9. The van der Waals surface area contributed by atoms with Gasteiger partial charge in [0.15, 0.2) is 0 Å². The van der Waals surface area contributed by atoms with Gasteiger partial charge in [-0.05, 0) is 49.1 Å². The van der Waals surface area contributed by atoms with Crippen LogP contribution in [0.2, 0.25) is 0 Å². The number of nitrogens with zero attached hydrogens (tertiary/aromatic N) is 1. The van der Waals surface area contributed by atoms with Crippen LogP contribution >= 0.6 is 0 Å². The fraction of sp³-hybridized carbons (Fsp3) is 0.261. The molecule has 148 valence electrons. The van der Waals surface area contributed by atoms with Crippen LogP contribution in [0.3, 0.4) is 0 Å². The quantitative estimate of drug-likeness (QED) is 0.517. The summed E-state index contributed by atoms with van der Waals surface area (Å²) in [6.45, 7) is 3.40. The Morgan fingerprint density at radius 3 is 2.66 bits per heavy atom. The molecule has 0 radical (unpaired) electrons. The van der Waals surface area contributed by atoms with Crippen molar-refractivity contribution in [2.45, 2.75) is 26.3 Å². The zero-order chi connectivity index (χ0) is 20.7. The average Bonchev–Trinajstić information content (AvgIpc) is 3.22. The molecule has 1 saturated heterocycles. The number of hydrogen-bond acceptors (Lipinski definition) is 4. The van der Waals surface area contributed by atoms with Gasteiger partial charge in [-0.2, -0.15) is 0 Å². The lowest BCUT2D eigenvalue weighted by Gasteiger charge is -2.27. The summed E-state index contributed by atoms with van der Waals surface area (Å²) in [5.74, 6) is -2.64. The molecule has 2 unspecified atom stereocenters. The molecule has 0 bridgehead atoms. The van der Waals surface area contributed by atoms with E-state index in [0.29, 0.717) is 24.1 Å². The number of H-pyrrole nitrogens is 1. The van der Waals surface area contributed by atoms with Crippen molar-refractivity contribution in [1.82, 2.24) is 9.88 Å². The Hall–Kier alpha value is -3.41. The molecule has 29 heavy (non-hydrogen) atoms. The van der Waals surface area contributed by atoms with Crippen LogP contribution in [0.25, 0.3) is 10.9 Å². The number of aromatic hydroxyl groups is 1. The van der Waals surface area contributed by atoms with E-state index in [2.05, 4.69) is 4.98 Å². The zero-order valence-corrected chi connectivity index (χ0v) is 16.3. The molecule has 1 amide bonds. The lowest BCUT2D eigenvalue weighted by Crippen LogP contribution is -2.32. The molecule has 6 nitrogen and oxygen atoms in total. The van der Waals surface area contributed by atoms with Crippen molar-refractivity contribution in [3.8, 4) is 5.75 Å². The highest BCUT2D eigenvalue weighted by atomic mass is 16.3. The van der Waals surface area contributed by atoms with Gasteiger partial charge >= 0.3 is 0 Å². The normalized spacial score (nSPS) is 19.3. The first-order valence-corrected chi connectivity index (χ1v) is 9.58. The third kappa shape index (κ3) is 3.20. The topological polar surface area (TPSA) is 90.5 Å². The first kappa shape index (κ1) is 18.9. The summed E-state index contributed by atoms with van der Waals surface area (Å²) in [4.78, 5) is 42.2. The van der Waals surface area contributed by atoms with Crippen LogP contribution in [0.4, 0.5) is 0 Å². The summed E-state index contributed by atoms with van der Waals surface area (Å²) in [7, 11) is 0. The Balaban J connectivity index is 1.68. The Kier molecular flexibility index (Phi) is 4.70. The van der Waals surface area contributed by atoms with Crippen LogP contribution in [-0.4, -0.2) is 39.0 Å². The molecule has 4 rings (SSSR count). The van der Waals surface area contributed by atoms with E-state index in [1.165, 1.54) is 11.8 Å². The van der Waals surface area contributed by atoms with E-state index in [9.17, 15) is 19.5 Å². The maximum Gasteiger partial charge on any atom is 0.291 e. The number of benzene rings is 2. The number of phenols is 1. The number of aromatic nitrogens is 1. The Bertz CT molecular complexity index is 1130. The smallest absolute Gasteiger partial charge is 0.291 e. The molecular weight excluding hydrogens is 368 g/mol. The molecule has 1 aliphatic rings. The SMILES string of the molecule is CC(=O)C1C(=O)C(=O)N(CCc2c[nH]c3ccccc23)C1c1ccc(C)c(O)c1. The van der Waals surface area contributed by atoms with Crippen LogP contribution in [0, 0.1) is 12.8 Å². The monoisotopic (exact) mass is 390 g/mol. The highest BCUT2D eigenvalue weighted by molar-refractivity contribution is 6.42. The second-order valence-electron chi connectivity index (χ2n) is 7.55. The fourth-order valence-electron chi connectivity index (χ4n) is 4.13. The van der Waals surface area contributed by atoms with Crippen molar-refractivity contribution >= 4 is 28.4 Å². The van der Waals surface area contributed by atoms with E-state index in [-0.39, 0.29) is 11.5 Å². The van der Waals surface area contributed by atoms with Gasteiger partial charge in [0.2, 0.25) is 5.78 Å². The van der Waals surface area contributed by atoms with Crippen LogP contribution < -0.4 is 0 Å². The minimum Gasteiger partial charge on any atom is -0.508 e. The third-order valence-electron chi connectivity index (χ3n) is 5.72. The van der Waals surface area contributed by atoms with Gasteiger partial charge in [-0.15, -0.1) is 0 Å². The van der Waals surface area contributed by atoms with E-state index in [4.69, 9.17) is 0 Å². The number of carbonyl (C=O) groups is 3. The van der Waals surface area contributed by atoms with Crippen LogP contribution in [0.15, 0.2) is 48.7 Å². The number of rotatable bonds is 5. The number of Topliss-reactive ketones (excluding diaryl/α,β-unsaturated/α-hetero) is 2. The van der Waals surface area contributed by atoms with Crippen molar-refractivity contribution in [3.63, 3.8) is 0 Å². The standard InChI is InChI=1S/C23H22N2O4/c1-13-7-8-15(11-19(13)27)21-20(14(2)26)22(28)23(29)25(21)10-9-16-12-24-18-6-4-3-5-17(16)18/h3-8,11-12,20-21,24,27H,9-10H2,1-2H3. The predicted octanol–water partition coefficient (Wildman–Crippen LogP) is 3.08. The highest BCUT2D eigenvalue weighted by Gasteiger charge is 2.50. The second kappa shape index (κ2) is 7.20. The lowest BCUT2D eigenvalue weighted by molar-refractivity contribution is -0.142. The number of hydrogen-bond donors (Lipinski definition) is 2. The average molecular weight is 390 g/mol. The van der Waals surface area contributed by atoms with Crippen LogP contribution in [0.1, 0.15) is 29.7 Å². The summed E-state index contributed by atoms with van der Waals surface area (Å²) in [5, 5.41) is 11.2. The Labute approximate surface area is 168 Å². The maximum absolute atomic E-state index is 12.7. The molecule has 2 atom stereocenters. The third-order valence-corrected chi connectivity index (χ3v) is 5.72. The first-order valence-electron chi connectivity index (χ1n) is 9.58. The van der Waals surface area contributed by atoms with Crippen LogP contribution in [0.5, 0.6) is 5.75 Å². The van der Waals surface area contributed by atoms with Gasteiger partial charge in [0.05, 0.1) is 6.04 Å². The van der Waals surface area contributed by atoms with Crippen molar-refractivity contribution < 1.29 is 19.5 Å². The summed E-state index contributed by atoms with van der Waals surface area (Å²) in [6, 6.07) is 12.2. The summed E-state index contributed by atoms with van der Waals surface area (Å²) < 4.78 is 0. The number of ketones is 2. The largest absolute Gasteiger partial charge is 0.508 e. The predicted molar refractivity (Wildman–Crippen MR) is 108 cm³/mol. The minimum atomic E-state index is -1.05. The number of nitrogens with one attached hydrogen (secondary N) is 1. The summed E-state index contributed by atoms with van der Waals surface area (Å²) in [5.41, 5.74) is 3.33. The maximum atomic E-state index is 12.7. The summed E-state index contributed by atoms with van der Waals surface area (Å²) >= 11 is 0. The van der Waals surface area contributed by atoms with Gasteiger partial charge < -0.3 is 15.0 Å². The molecule has 6 heteroatoms. The fourth-order valence-corrected chi connectivity index (χ4v) is 4.13. The number of carbonyl (C=O) groups excluding carboxylic acids is 3. The number of para-hydroxylation sites is 1. The molecule has 0 saturated carbocycles. The van der Waals surface area contributed by atoms with Crippen molar-refractivity contribution in [2.24, 2.45) is 5.92 Å². The Morgan fingerprint density at radius 1 is 1.17 bits per heavy atom. The highest BCUT2D eigenvalue weighted by Crippen LogP contribution is 2.38. The summed E-state index contributed by atoms with van der Waals surface area (Å²) in [6.07, 6.45) is 2.45. The van der Waals surface area contributed by atoms with Crippen LogP contribution in [-0.2, 0) is 20.8 Å². The van der Waals surface area contributed by atoms with E-state index in [1.807, 2.05) is 30.5 Å². The molecule has 0 spiro atoms. The van der Waals surface area contributed by atoms with Gasteiger partial charge in [0.25, 0.3) is 5.91 Å². The van der Waals surface area contributed by atoms with Gasteiger partial charge in [0.1, 0.15) is 17.5 Å². The van der Waals surface area contributed by atoms with E-state index >= 15 is 0 Å². The van der Waals surface area contributed by atoms with Gasteiger partial charge in [-0.1, -0.05) is 30.3 Å². The molecule has 2 heterocycles. The lowest BCUT2D eigenvalue weighted by atomic mass is 9.89. The molecule has 1 aromatic heterocycles. The molecule has 3 aromatic rings. The number of aryl methyl sites for hydroxylation is 1. The number of likely N-dealkylation sites (tertiary alicyclic amines) is 1. The van der Waals surface area contributed by atoms with Gasteiger partial charge in [-0.3, -0.25) is 14.4 Å². The molecule has 2 N–H and O–H groups in total. The molecule has 0 aliphatic carbocycles. The van der Waals surface area contributed by atoms with E-state index in [1.54, 1.807) is 25.1 Å². The second-order valence-corrected chi connectivity index (χ2v) is 7.55. The number of phenolic OH excluding ortho intramolecular Hbond substituents is 1. The zero-order valence-electron chi connectivity index (χ0n) is 16.3. The van der Waals surface area contributed by atoms with E-state index < -0.39 is 23.7 Å². The van der Waals surface area contributed by atoms with Gasteiger partial charge in [-0.25, -0.2) is 0 Å². The number of amides is 1. The number of aromatic amines is 1. The van der Waals surface area contributed by atoms with Crippen molar-refractivity contribution in [1.29, 1.82) is 0 Å². The van der Waals surface area contributed by atoms with E-state index in [0.717, 1.165) is 16.5 Å². The molecule has 1 aliphatic heterocycles. The Morgan fingerprint density at radius 2 is 1.93 bits per heavy atom. The minimum absolute atomic E-state index is 0.0770. The van der Waals surface area contributed by atoms with Gasteiger partial charge in [0, 0.05) is 23.6 Å². The molecular formula is C23H22N2O4. The van der Waals surface area contributed by atoms with Crippen molar-refractivity contribution in [2.75, 3.05) is 6.54 Å². The molecule has 1 fully saturated rings. The molecule has 2 aromatic carbocycles. The van der Waals surface area contributed by atoms with Crippen molar-refractivity contribution in [3.05, 3.63) is 65.4 Å². The number of fused-ring (bicyclic) bond motifs is 1.